The molecule has 0 unspecified atom stereocenters. The van der Waals surface area contributed by atoms with Gasteiger partial charge in [-0.1, -0.05) is 59.1 Å². The van der Waals surface area contributed by atoms with Crippen molar-refractivity contribution in [2.75, 3.05) is 15.6 Å². The number of para-hydroxylation sites is 1. The van der Waals surface area contributed by atoms with E-state index in [1.165, 1.54) is 11.8 Å². The number of halogens is 3. The van der Waals surface area contributed by atoms with Crippen molar-refractivity contribution in [2.24, 2.45) is 0 Å². The number of nitrogens with zero attached hydrogens (tertiary/aromatic N) is 2. The minimum Gasteiger partial charge on any atom is -0.304 e. The Balaban J connectivity index is 1.65. The van der Waals surface area contributed by atoms with E-state index in [1.54, 1.807) is 52.3 Å². The molecule has 4 nitrogen and oxygen atoms in total. The Morgan fingerprint density at radius 3 is 2.26 bits per heavy atom. The Bertz CT molecular complexity index is 1200. The van der Waals surface area contributed by atoms with Gasteiger partial charge in [-0.05, 0) is 42.5 Å². The highest BCUT2D eigenvalue weighted by Crippen LogP contribution is 2.56. The van der Waals surface area contributed by atoms with Crippen LogP contribution in [0.1, 0.15) is 11.1 Å². The van der Waals surface area contributed by atoms with E-state index in [0.717, 1.165) is 11.3 Å². The van der Waals surface area contributed by atoms with Gasteiger partial charge in [0, 0.05) is 31.9 Å². The first-order chi connectivity index (χ1) is 14.9. The molecule has 0 saturated carbocycles. The van der Waals surface area contributed by atoms with Gasteiger partial charge in [0.15, 0.2) is 0 Å². The first-order valence-electron chi connectivity index (χ1n) is 9.50. The molecule has 1 spiro atoms. The predicted molar refractivity (Wildman–Crippen MR) is 127 cm³/mol. The molecular formula is C23H15Cl3N2O2S. The van der Waals surface area contributed by atoms with E-state index < -0.39 is 4.87 Å². The molecular weight excluding hydrogens is 475 g/mol. The summed E-state index contributed by atoms with van der Waals surface area (Å²) in [5.41, 5.74) is 2.80. The lowest BCUT2D eigenvalue weighted by Crippen LogP contribution is -2.49. The lowest BCUT2D eigenvalue weighted by Gasteiger charge is -2.33. The van der Waals surface area contributed by atoms with E-state index in [1.807, 2.05) is 24.3 Å². The van der Waals surface area contributed by atoms with Crippen molar-refractivity contribution in [1.29, 1.82) is 0 Å². The number of hydrogen-bond acceptors (Lipinski definition) is 3. The second-order valence-corrected chi connectivity index (χ2v) is 9.67. The van der Waals surface area contributed by atoms with Gasteiger partial charge in [0.2, 0.25) is 10.8 Å². The van der Waals surface area contributed by atoms with Gasteiger partial charge in [-0.25, -0.2) is 0 Å². The van der Waals surface area contributed by atoms with E-state index in [-0.39, 0.29) is 24.1 Å². The molecule has 3 aromatic carbocycles. The van der Waals surface area contributed by atoms with Crippen LogP contribution in [0.25, 0.3) is 0 Å². The SMILES string of the molecule is O=C1CS[C@]2(C(=O)N(Cc3c(Cl)cccc3Cl)c3ccccc32)N1c1ccc(Cl)cc1. The van der Waals surface area contributed by atoms with Crippen LogP contribution in [0.3, 0.4) is 0 Å². The van der Waals surface area contributed by atoms with Gasteiger partial charge in [-0.15, -0.1) is 11.8 Å². The Morgan fingerprint density at radius 2 is 1.55 bits per heavy atom. The zero-order valence-corrected chi connectivity index (χ0v) is 19.1. The lowest BCUT2D eigenvalue weighted by molar-refractivity contribution is -0.123. The summed E-state index contributed by atoms with van der Waals surface area (Å²) in [5.74, 6) is -0.132. The van der Waals surface area contributed by atoms with Gasteiger partial charge in [0.05, 0.1) is 18.0 Å². The van der Waals surface area contributed by atoms with Crippen LogP contribution in [0.15, 0.2) is 66.7 Å². The fourth-order valence-corrected chi connectivity index (χ4v) is 6.15. The molecule has 2 heterocycles. The third-order valence-corrected chi connectivity index (χ3v) is 7.87. The smallest absolute Gasteiger partial charge is 0.269 e. The predicted octanol–water partition coefficient (Wildman–Crippen LogP) is 6.13. The number of amides is 2. The van der Waals surface area contributed by atoms with Crippen molar-refractivity contribution in [3.8, 4) is 0 Å². The number of thioether (sulfide) groups is 1. The quantitative estimate of drug-likeness (QED) is 0.444. The summed E-state index contributed by atoms with van der Waals surface area (Å²) < 4.78 is 0. The number of carbonyl (C=O) groups excluding carboxylic acids is 2. The molecule has 3 aromatic rings. The highest BCUT2D eigenvalue weighted by Gasteiger charge is 2.61. The number of carbonyl (C=O) groups is 2. The average Bonchev–Trinajstić information content (AvgIpc) is 3.22. The molecule has 1 fully saturated rings. The second kappa shape index (κ2) is 7.75. The summed E-state index contributed by atoms with van der Waals surface area (Å²) in [7, 11) is 0. The number of hydrogen-bond donors (Lipinski definition) is 0. The zero-order valence-electron chi connectivity index (χ0n) is 16.0. The van der Waals surface area contributed by atoms with Gasteiger partial charge in [-0.2, -0.15) is 0 Å². The fourth-order valence-electron chi connectivity index (χ4n) is 4.14. The Hall–Kier alpha value is -2.18. The summed E-state index contributed by atoms with van der Waals surface area (Å²) >= 11 is 20.2. The minimum atomic E-state index is -1.19. The molecule has 0 aromatic heterocycles. The molecule has 2 aliphatic rings. The van der Waals surface area contributed by atoms with Crippen molar-refractivity contribution in [1.82, 2.24) is 0 Å². The van der Waals surface area contributed by atoms with E-state index >= 15 is 0 Å². The van der Waals surface area contributed by atoms with Crippen molar-refractivity contribution < 1.29 is 9.59 Å². The fraction of sp³-hybridized carbons (Fsp3) is 0.130. The molecule has 1 atom stereocenters. The first-order valence-corrected chi connectivity index (χ1v) is 11.6. The number of benzene rings is 3. The summed E-state index contributed by atoms with van der Waals surface area (Å²) in [4.78, 5) is 29.1. The van der Waals surface area contributed by atoms with Crippen molar-refractivity contribution in [3.05, 3.63) is 92.9 Å². The maximum Gasteiger partial charge on any atom is 0.269 e. The van der Waals surface area contributed by atoms with Crippen LogP contribution in [0.2, 0.25) is 15.1 Å². The topological polar surface area (TPSA) is 40.6 Å². The highest BCUT2D eigenvalue weighted by atomic mass is 35.5. The van der Waals surface area contributed by atoms with Crippen LogP contribution >= 0.6 is 46.6 Å². The molecule has 5 rings (SSSR count). The zero-order chi connectivity index (χ0) is 21.8. The summed E-state index contributed by atoms with van der Waals surface area (Å²) in [6.45, 7) is 0.208. The molecule has 0 radical (unpaired) electrons. The van der Waals surface area contributed by atoms with Crippen molar-refractivity contribution in [3.63, 3.8) is 0 Å². The number of rotatable bonds is 3. The molecule has 0 aliphatic carbocycles. The number of fused-ring (bicyclic) bond motifs is 2. The third kappa shape index (κ3) is 3.14. The minimum absolute atomic E-state index is 0.131. The highest BCUT2D eigenvalue weighted by molar-refractivity contribution is 8.02. The van der Waals surface area contributed by atoms with Crippen molar-refractivity contribution in [2.45, 2.75) is 11.4 Å². The molecule has 1 saturated heterocycles. The molecule has 31 heavy (non-hydrogen) atoms. The average molecular weight is 490 g/mol. The first kappa shape index (κ1) is 20.7. The second-order valence-electron chi connectivity index (χ2n) is 7.25. The molecule has 2 amide bonds. The normalized spacial score (nSPS) is 20.1. The van der Waals surface area contributed by atoms with E-state index in [0.29, 0.717) is 26.3 Å². The van der Waals surface area contributed by atoms with Gasteiger partial charge in [0.25, 0.3) is 5.91 Å². The van der Waals surface area contributed by atoms with Gasteiger partial charge >= 0.3 is 0 Å². The van der Waals surface area contributed by atoms with Crippen LogP contribution in [0.5, 0.6) is 0 Å². The standard InChI is InChI=1S/C23H15Cl3N2O2S/c24-14-8-10-15(11-9-14)28-21(29)13-31-23(28)17-4-1-2-7-20(17)27(22(23)30)12-16-18(25)5-3-6-19(16)26/h1-11H,12-13H2/t23-/m1/s1. The monoisotopic (exact) mass is 488 g/mol. The molecule has 0 N–H and O–H groups in total. The van der Waals surface area contributed by atoms with Gasteiger partial charge < -0.3 is 4.90 Å². The Morgan fingerprint density at radius 1 is 0.871 bits per heavy atom. The molecule has 0 bridgehead atoms. The van der Waals surface area contributed by atoms with E-state index in [9.17, 15) is 9.59 Å². The van der Waals surface area contributed by atoms with Crippen LogP contribution in [0.4, 0.5) is 11.4 Å². The Kier molecular flexibility index (Phi) is 5.18. The van der Waals surface area contributed by atoms with E-state index in [2.05, 4.69) is 0 Å². The lowest BCUT2D eigenvalue weighted by atomic mass is 10.0. The van der Waals surface area contributed by atoms with Crippen LogP contribution in [0, 0.1) is 0 Å². The maximum atomic E-state index is 14.0. The number of anilines is 2. The van der Waals surface area contributed by atoms with Gasteiger partial charge in [-0.3, -0.25) is 14.5 Å². The summed E-state index contributed by atoms with van der Waals surface area (Å²) in [6, 6.07) is 19.8. The van der Waals surface area contributed by atoms with Gasteiger partial charge in [0.1, 0.15) is 0 Å². The van der Waals surface area contributed by atoms with Crippen LogP contribution in [-0.4, -0.2) is 17.6 Å². The van der Waals surface area contributed by atoms with E-state index in [4.69, 9.17) is 34.8 Å². The maximum absolute atomic E-state index is 14.0. The third-order valence-electron chi connectivity index (χ3n) is 5.53. The summed E-state index contributed by atoms with van der Waals surface area (Å²) in [5, 5.41) is 1.54. The van der Waals surface area contributed by atoms with Crippen molar-refractivity contribution >= 4 is 69.8 Å². The largest absolute Gasteiger partial charge is 0.304 e. The summed E-state index contributed by atoms with van der Waals surface area (Å²) in [6.07, 6.45) is 0. The van der Waals surface area contributed by atoms with Crippen LogP contribution < -0.4 is 9.80 Å². The molecule has 2 aliphatic heterocycles. The molecule has 8 heteroatoms. The molecule has 156 valence electrons. The Labute approximate surface area is 198 Å². The van der Waals surface area contributed by atoms with Crippen LogP contribution in [-0.2, 0) is 21.0 Å².